The van der Waals surface area contributed by atoms with Gasteiger partial charge in [0.1, 0.15) is 5.75 Å². The van der Waals surface area contributed by atoms with Crippen LogP contribution in [0.15, 0.2) is 79.0 Å². The molecule has 6 heteroatoms. The zero-order chi connectivity index (χ0) is 19.8. The molecule has 3 aromatic carbocycles. The number of benzene rings is 3. The summed E-state index contributed by atoms with van der Waals surface area (Å²) in [7, 11) is 0. The van der Waals surface area contributed by atoms with Crippen molar-refractivity contribution in [3.63, 3.8) is 0 Å². The van der Waals surface area contributed by atoms with Gasteiger partial charge in [0.05, 0.1) is 12.2 Å². The van der Waals surface area contributed by atoms with Crippen LogP contribution in [0.4, 0.5) is 21.8 Å². The Morgan fingerprint density at radius 2 is 1.55 bits per heavy atom. The first kappa shape index (κ1) is 17.2. The van der Waals surface area contributed by atoms with Crippen molar-refractivity contribution >= 4 is 17.5 Å². The summed E-state index contributed by atoms with van der Waals surface area (Å²) < 4.78 is 14.5. The van der Waals surface area contributed by atoms with Crippen LogP contribution in [-0.4, -0.2) is 15.1 Å². The fourth-order valence-corrected chi connectivity index (χ4v) is 3.69. The maximum Gasteiger partial charge on any atom is 0.229 e. The van der Waals surface area contributed by atoms with E-state index in [0.717, 1.165) is 28.5 Å². The van der Waals surface area contributed by atoms with E-state index in [1.54, 1.807) is 24.3 Å². The maximum atomic E-state index is 14.5. The van der Waals surface area contributed by atoms with Gasteiger partial charge in [-0.05, 0) is 34.4 Å². The Balaban J connectivity index is 1.49. The van der Waals surface area contributed by atoms with Crippen molar-refractivity contribution in [2.24, 2.45) is 0 Å². The van der Waals surface area contributed by atoms with Gasteiger partial charge in [-0.2, -0.15) is 4.98 Å². The van der Waals surface area contributed by atoms with Crippen LogP contribution in [-0.2, 0) is 0 Å². The van der Waals surface area contributed by atoms with E-state index in [0.29, 0.717) is 5.69 Å². The third kappa shape index (κ3) is 3.14. The van der Waals surface area contributed by atoms with E-state index in [1.165, 1.54) is 0 Å². The largest absolute Gasteiger partial charge is 0.508 e. The molecule has 0 radical (unpaired) electrons. The highest BCUT2D eigenvalue weighted by atomic mass is 19.1. The topological polar surface area (TPSA) is 70.1 Å². The molecule has 0 unspecified atom stereocenters. The molecule has 0 spiro atoms. The molecular formula is C23H17FN4O. The monoisotopic (exact) mass is 384 g/mol. The molecule has 1 aliphatic carbocycles. The number of rotatable bonds is 4. The zero-order valence-electron chi connectivity index (χ0n) is 15.3. The lowest BCUT2D eigenvalue weighted by atomic mass is 10.1. The van der Waals surface area contributed by atoms with E-state index in [4.69, 9.17) is 0 Å². The van der Waals surface area contributed by atoms with Crippen molar-refractivity contribution < 1.29 is 9.50 Å². The number of aromatic hydroxyl groups is 1. The predicted octanol–water partition coefficient (Wildman–Crippen LogP) is 5.25. The van der Waals surface area contributed by atoms with E-state index in [-0.39, 0.29) is 23.6 Å². The van der Waals surface area contributed by atoms with Crippen LogP contribution in [0.1, 0.15) is 17.2 Å². The molecule has 1 aliphatic rings. The smallest absolute Gasteiger partial charge is 0.229 e. The van der Waals surface area contributed by atoms with Gasteiger partial charge in [0, 0.05) is 11.8 Å². The molecule has 0 saturated heterocycles. The summed E-state index contributed by atoms with van der Waals surface area (Å²) in [4.78, 5) is 8.32. The summed E-state index contributed by atoms with van der Waals surface area (Å²) in [6.07, 6.45) is 1.13. The van der Waals surface area contributed by atoms with Gasteiger partial charge >= 0.3 is 0 Å². The molecule has 0 fully saturated rings. The zero-order valence-corrected chi connectivity index (χ0v) is 15.3. The summed E-state index contributed by atoms with van der Waals surface area (Å²) in [5.41, 5.74) is 5.03. The molecule has 5 rings (SSSR count). The number of anilines is 3. The lowest BCUT2D eigenvalue weighted by Crippen LogP contribution is -2.13. The molecule has 29 heavy (non-hydrogen) atoms. The Labute approximate surface area is 166 Å². The van der Waals surface area contributed by atoms with Crippen LogP contribution >= 0.6 is 0 Å². The number of halogens is 1. The minimum Gasteiger partial charge on any atom is -0.508 e. The molecule has 0 amide bonds. The minimum atomic E-state index is -0.534. The van der Waals surface area contributed by atoms with Crippen LogP contribution < -0.4 is 10.6 Å². The van der Waals surface area contributed by atoms with Gasteiger partial charge in [0.2, 0.25) is 5.95 Å². The quantitative estimate of drug-likeness (QED) is 0.448. The Morgan fingerprint density at radius 3 is 2.24 bits per heavy atom. The highest BCUT2D eigenvalue weighted by molar-refractivity contribution is 5.80. The third-order valence-electron chi connectivity index (χ3n) is 4.96. The van der Waals surface area contributed by atoms with Gasteiger partial charge in [-0.15, -0.1) is 0 Å². The summed E-state index contributed by atoms with van der Waals surface area (Å²) in [6.45, 7) is 0. The van der Waals surface area contributed by atoms with Gasteiger partial charge in [-0.1, -0.05) is 54.6 Å². The summed E-state index contributed by atoms with van der Waals surface area (Å²) >= 11 is 0. The first-order valence-corrected chi connectivity index (χ1v) is 9.22. The number of aromatic nitrogens is 2. The Hall–Kier alpha value is -3.93. The molecule has 0 bridgehead atoms. The van der Waals surface area contributed by atoms with Gasteiger partial charge in [0.25, 0.3) is 0 Å². The average Bonchev–Trinajstić information content (AvgIpc) is 3.05. The number of phenols is 1. The number of nitrogens with zero attached hydrogens (tertiary/aromatic N) is 2. The lowest BCUT2D eigenvalue weighted by Gasteiger charge is -2.17. The van der Waals surface area contributed by atoms with Crippen molar-refractivity contribution in [2.75, 3.05) is 10.6 Å². The van der Waals surface area contributed by atoms with Gasteiger partial charge in [-0.25, -0.2) is 9.37 Å². The average molecular weight is 384 g/mol. The molecule has 1 heterocycles. The summed E-state index contributed by atoms with van der Waals surface area (Å²) in [5.74, 6) is -0.0684. The standard InChI is InChI=1S/C23H17FN4O/c24-20-13-25-23(26-14-6-5-7-15(29)12-14)28-22(20)27-21-18-10-3-1-8-16(18)17-9-2-4-11-19(17)21/h1-13,21,29H,(H2,25,26,27,28). The van der Waals surface area contributed by atoms with E-state index in [1.807, 2.05) is 36.4 Å². The van der Waals surface area contributed by atoms with Crippen molar-refractivity contribution in [3.8, 4) is 16.9 Å². The second kappa shape index (κ2) is 6.91. The molecule has 142 valence electrons. The van der Waals surface area contributed by atoms with E-state index in [9.17, 15) is 9.50 Å². The highest BCUT2D eigenvalue weighted by Gasteiger charge is 2.29. The Bertz CT molecular complexity index is 1170. The Kier molecular flexibility index (Phi) is 4.09. The molecule has 1 aromatic heterocycles. The second-order valence-corrected chi connectivity index (χ2v) is 6.82. The predicted molar refractivity (Wildman–Crippen MR) is 111 cm³/mol. The van der Waals surface area contributed by atoms with Gasteiger partial charge < -0.3 is 15.7 Å². The number of nitrogens with one attached hydrogen (secondary N) is 2. The van der Waals surface area contributed by atoms with Crippen LogP contribution in [0.25, 0.3) is 11.1 Å². The molecule has 5 nitrogen and oxygen atoms in total. The number of hydrogen-bond donors (Lipinski definition) is 3. The Morgan fingerprint density at radius 1 is 0.862 bits per heavy atom. The molecule has 3 N–H and O–H groups in total. The minimum absolute atomic E-state index is 0.110. The summed E-state index contributed by atoms with van der Waals surface area (Å²) in [5, 5.41) is 15.8. The van der Waals surface area contributed by atoms with Crippen LogP contribution in [0.3, 0.4) is 0 Å². The highest BCUT2D eigenvalue weighted by Crippen LogP contribution is 2.44. The van der Waals surface area contributed by atoms with Crippen molar-refractivity contribution in [1.82, 2.24) is 9.97 Å². The number of hydrogen-bond acceptors (Lipinski definition) is 5. The molecule has 4 aromatic rings. The van der Waals surface area contributed by atoms with Crippen molar-refractivity contribution in [2.45, 2.75) is 6.04 Å². The van der Waals surface area contributed by atoms with E-state index >= 15 is 0 Å². The van der Waals surface area contributed by atoms with Crippen molar-refractivity contribution in [1.29, 1.82) is 0 Å². The molecule has 0 aliphatic heterocycles. The fraction of sp³-hybridized carbons (Fsp3) is 0.0435. The normalized spacial score (nSPS) is 12.3. The van der Waals surface area contributed by atoms with Crippen LogP contribution in [0, 0.1) is 5.82 Å². The second-order valence-electron chi connectivity index (χ2n) is 6.82. The number of fused-ring (bicyclic) bond motifs is 3. The fourth-order valence-electron chi connectivity index (χ4n) is 3.69. The van der Waals surface area contributed by atoms with Crippen molar-refractivity contribution in [3.05, 3.63) is 95.9 Å². The first-order valence-electron chi connectivity index (χ1n) is 9.22. The van der Waals surface area contributed by atoms with Crippen LogP contribution in [0.5, 0.6) is 5.75 Å². The summed E-state index contributed by atoms with van der Waals surface area (Å²) in [6, 6.07) is 22.5. The van der Waals surface area contributed by atoms with Gasteiger partial charge in [0.15, 0.2) is 11.6 Å². The SMILES string of the molecule is Oc1cccc(Nc2ncc(F)c(NC3c4ccccc4-c4ccccc43)n2)c1. The van der Waals surface area contributed by atoms with E-state index in [2.05, 4.69) is 32.7 Å². The van der Waals surface area contributed by atoms with Gasteiger partial charge in [-0.3, -0.25) is 0 Å². The lowest BCUT2D eigenvalue weighted by molar-refractivity contribution is 0.475. The maximum absolute atomic E-state index is 14.5. The van der Waals surface area contributed by atoms with Crippen LogP contribution in [0.2, 0.25) is 0 Å². The third-order valence-corrected chi connectivity index (χ3v) is 4.96. The molecular weight excluding hydrogens is 367 g/mol. The molecule has 0 saturated carbocycles. The number of phenolic OH excluding ortho intramolecular Hbond substituents is 1. The molecule has 0 atom stereocenters. The van der Waals surface area contributed by atoms with E-state index < -0.39 is 5.82 Å². The first-order chi connectivity index (χ1) is 14.2.